The van der Waals surface area contributed by atoms with Crippen LogP contribution in [0, 0.1) is 0 Å². The summed E-state index contributed by atoms with van der Waals surface area (Å²) in [5, 5.41) is 10.1. The standard InChI is InChI=1S/C13H18O4/c1-9(2)17-12(13(15)16-3)11(14)10-7-5-4-6-8-10/h4-9,11-12,14H,1-3H3/t11-,12+/m0/s1. The van der Waals surface area contributed by atoms with Gasteiger partial charge in [-0.25, -0.2) is 4.79 Å². The number of hydrogen-bond donors (Lipinski definition) is 1. The second kappa shape index (κ2) is 6.37. The van der Waals surface area contributed by atoms with Gasteiger partial charge in [-0.05, 0) is 19.4 Å². The molecule has 94 valence electrons. The average Bonchev–Trinajstić information content (AvgIpc) is 2.35. The van der Waals surface area contributed by atoms with E-state index in [1.807, 2.05) is 6.07 Å². The maximum absolute atomic E-state index is 11.6. The van der Waals surface area contributed by atoms with Crippen molar-refractivity contribution < 1.29 is 19.4 Å². The Kier molecular flexibility index (Phi) is 5.12. The van der Waals surface area contributed by atoms with Crippen molar-refractivity contribution >= 4 is 5.97 Å². The Labute approximate surface area is 101 Å². The van der Waals surface area contributed by atoms with Crippen LogP contribution in [0.2, 0.25) is 0 Å². The Hall–Kier alpha value is -1.39. The van der Waals surface area contributed by atoms with E-state index in [1.54, 1.807) is 38.1 Å². The Balaban J connectivity index is 2.86. The first-order valence-corrected chi connectivity index (χ1v) is 5.52. The molecule has 17 heavy (non-hydrogen) atoms. The predicted octanol–water partition coefficient (Wildman–Crippen LogP) is 1.69. The quantitative estimate of drug-likeness (QED) is 0.793. The van der Waals surface area contributed by atoms with Crippen molar-refractivity contribution in [3.8, 4) is 0 Å². The molecule has 0 aliphatic rings. The van der Waals surface area contributed by atoms with Crippen molar-refractivity contribution in [3.05, 3.63) is 35.9 Å². The molecule has 0 fully saturated rings. The molecule has 0 heterocycles. The number of methoxy groups -OCH3 is 1. The van der Waals surface area contributed by atoms with Gasteiger partial charge in [0, 0.05) is 0 Å². The molecule has 1 aromatic carbocycles. The highest BCUT2D eigenvalue weighted by atomic mass is 16.6. The summed E-state index contributed by atoms with van der Waals surface area (Å²) in [6.07, 6.45) is -2.19. The topological polar surface area (TPSA) is 55.8 Å². The van der Waals surface area contributed by atoms with Crippen LogP contribution < -0.4 is 0 Å². The van der Waals surface area contributed by atoms with E-state index >= 15 is 0 Å². The van der Waals surface area contributed by atoms with E-state index in [0.717, 1.165) is 0 Å². The van der Waals surface area contributed by atoms with Gasteiger partial charge in [-0.3, -0.25) is 0 Å². The summed E-state index contributed by atoms with van der Waals surface area (Å²) < 4.78 is 10.0. The molecule has 0 aliphatic carbocycles. The van der Waals surface area contributed by atoms with Gasteiger partial charge in [-0.2, -0.15) is 0 Å². The minimum atomic E-state index is -1.02. The molecule has 1 aromatic rings. The van der Waals surface area contributed by atoms with E-state index in [-0.39, 0.29) is 6.10 Å². The van der Waals surface area contributed by atoms with Crippen molar-refractivity contribution in [2.75, 3.05) is 7.11 Å². The van der Waals surface area contributed by atoms with Crippen LogP contribution in [0.4, 0.5) is 0 Å². The molecule has 0 spiro atoms. The van der Waals surface area contributed by atoms with Gasteiger partial charge < -0.3 is 14.6 Å². The zero-order valence-electron chi connectivity index (χ0n) is 10.3. The highest BCUT2D eigenvalue weighted by Crippen LogP contribution is 2.21. The van der Waals surface area contributed by atoms with Crippen LogP contribution in [0.15, 0.2) is 30.3 Å². The third-order valence-corrected chi connectivity index (χ3v) is 2.28. The number of ether oxygens (including phenoxy) is 2. The lowest BCUT2D eigenvalue weighted by Gasteiger charge is -2.23. The summed E-state index contributed by atoms with van der Waals surface area (Å²) in [6, 6.07) is 8.91. The summed E-state index contributed by atoms with van der Waals surface area (Å²) in [5.41, 5.74) is 0.628. The van der Waals surface area contributed by atoms with Crippen LogP contribution in [0.3, 0.4) is 0 Å². The Bertz CT molecular complexity index is 348. The first kappa shape index (κ1) is 13.7. The lowest BCUT2D eigenvalue weighted by molar-refractivity contribution is -0.166. The maximum Gasteiger partial charge on any atom is 0.338 e. The van der Waals surface area contributed by atoms with Crippen molar-refractivity contribution in [2.24, 2.45) is 0 Å². The number of carbonyl (C=O) groups excluding carboxylic acids is 1. The molecular weight excluding hydrogens is 220 g/mol. The number of benzene rings is 1. The van der Waals surface area contributed by atoms with Crippen LogP contribution in [-0.4, -0.2) is 30.4 Å². The second-order valence-electron chi connectivity index (χ2n) is 3.98. The third kappa shape index (κ3) is 3.84. The van der Waals surface area contributed by atoms with Crippen molar-refractivity contribution in [1.82, 2.24) is 0 Å². The number of hydrogen-bond acceptors (Lipinski definition) is 4. The fourth-order valence-corrected chi connectivity index (χ4v) is 1.49. The van der Waals surface area contributed by atoms with Gasteiger partial charge in [0.2, 0.25) is 0 Å². The molecule has 0 saturated heterocycles. The predicted molar refractivity (Wildman–Crippen MR) is 63.4 cm³/mol. The average molecular weight is 238 g/mol. The molecule has 4 nitrogen and oxygen atoms in total. The number of aliphatic hydroxyl groups excluding tert-OH is 1. The first-order valence-electron chi connectivity index (χ1n) is 5.52. The number of rotatable bonds is 5. The van der Waals surface area contributed by atoms with Crippen LogP contribution in [0.25, 0.3) is 0 Å². The van der Waals surface area contributed by atoms with Crippen molar-refractivity contribution in [3.63, 3.8) is 0 Å². The van der Waals surface area contributed by atoms with E-state index < -0.39 is 18.2 Å². The molecule has 0 bridgehead atoms. The highest BCUT2D eigenvalue weighted by molar-refractivity contribution is 5.75. The SMILES string of the molecule is COC(=O)[C@H](OC(C)C)[C@@H](O)c1ccccc1. The van der Waals surface area contributed by atoms with Gasteiger partial charge >= 0.3 is 5.97 Å². The number of carbonyl (C=O) groups is 1. The van der Waals surface area contributed by atoms with E-state index in [0.29, 0.717) is 5.56 Å². The van der Waals surface area contributed by atoms with Gasteiger partial charge in [-0.15, -0.1) is 0 Å². The molecule has 1 N–H and O–H groups in total. The monoisotopic (exact) mass is 238 g/mol. The molecule has 0 aromatic heterocycles. The van der Waals surface area contributed by atoms with Gasteiger partial charge in [0.15, 0.2) is 6.10 Å². The molecule has 4 heteroatoms. The van der Waals surface area contributed by atoms with Gasteiger partial charge in [0.1, 0.15) is 6.10 Å². The molecule has 0 saturated carbocycles. The molecule has 0 radical (unpaired) electrons. The summed E-state index contributed by atoms with van der Waals surface area (Å²) >= 11 is 0. The van der Waals surface area contributed by atoms with E-state index in [1.165, 1.54) is 7.11 Å². The Morgan fingerprint density at radius 1 is 1.24 bits per heavy atom. The van der Waals surface area contributed by atoms with Crippen LogP contribution in [0.5, 0.6) is 0 Å². The molecule has 0 aliphatic heterocycles. The van der Waals surface area contributed by atoms with Gasteiger partial charge in [0.25, 0.3) is 0 Å². The fourth-order valence-electron chi connectivity index (χ4n) is 1.49. The largest absolute Gasteiger partial charge is 0.467 e. The second-order valence-corrected chi connectivity index (χ2v) is 3.98. The van der Waals surface area contributed by atoms with E-state index in [4.69, 9.17) is 4.74 Å². The normalized spacial score (nSPS) is 14.4. The van der Waals surface area contributed by atoms with E-state index in [9.17, 15) is 9.90 Å². The summed E-state index contributed by atoms with van der Waals surface area (Å²) in [5.74, 6) is -0.574. The zero-order chi connectivity index (χ0) is 12.8. The van der Waals surface area contributed by atoms with Gasteiger partial charge in [-0.1, -0.05) is 30.3 Å². The molecule has 0 unspecified atom stereocenters. The summed E-state index contributed by atoms with van der Waals surface area (Å²) in [7, 11) is 1.27. The lowest BCUT2D eigenvalue weighted by Crippen LogP contribution is -2.34. The van der Waals surface area contributed by atoms with Crippen LogP contribution in [-0.2, 0) is 14.3 Å². The summed E-state index contributed by atoms with van der Waals surface area (Å²) in [6.45, 7) is 3.60. The Morgan fingerprint density at radius 2 is 1.82 bits per heavy atom. The number of aliphatic hydroxyl groups is 1. The molecular formula is C13H18O4. The lowest BCUT2D eigenvalue weighted by atomic mass is 10.0. The number of esters is 1. The van der Waals surface area contributed by atoms with Crippen LogP contribution >= 0.6 is 0 Å². The smallest absolute Gasteiger partial charge is 0.338 e. The van der Waals surface area contributed by atoms with Crippen molar-refractivity contribution in [1.29, 1.82) is 0 Å². The molecule has 2 atom stereocenters. The fraction of sp³-hybridized carbons (Fsp3) is 0.462. The third-order valence-electron chi connectivity index (χ3n) is 2.28. The molecule has 0 amide bonds. The summed E-state index contributed by atoms with van der Waals surface area (Å²) in [4.78, 5) is 11.6. The highest BCUT2D eigenvalue weighted by Gasteiger charge is 2.30. The zero-order valence-corrected chi connectivity index (χ0v) is 10.3. The minimum Gasteiger partial charge on any atom is -0.467 e. The van der Waals surface area contributed by atoms with E-state index in [2.05, 4.69) is 4.74 Å². The van der Waals surface area contributed by atoms with Crippen LogP contribution in [0.1, 0.15) is 25.5 Å². The van der Waals surface area contributed by atoms with Crippen molar-refractivity contribution in [2.45, 2.75) is 32.2 Å². The maximum atomic E-state index is 11.6. The Morgan fingerprint density at radius 3 is 2.29 bits per heavy atom. The molecule has 1 rings (SSSR count). The minimum absolute atomic E-state index is 0.169. The first-order chi connectivity index (χ1) is 8.06. The van der Waals surface area contributed by atoms with Gasteiger partial charge in [0.05, 0.1) is 13.2 Å².